The molecule has 0 fully saturated rings. The molecule has 0 aliphatic rings. The first-order valence-electron chi connectivity index (χ1n) is 11.1. The van der Waals surface area contributed by atoms with Crippen LogP contribution in [-0.2, 0) is 28.8 Å². The molecule has 6 atom stereocenters. The van der Waals surface area contributed by atoms with Gasteiger partial charge in [-0.3, -0.25) is 24.0 Å². The molecule has 0 aromatic heterocycles. The molecule has 0 saturated carbocycles. The van der Waals surface area contributed by atoms with Crippen LogP contribution in [0.5, 0.6) is 0 Å². The molecule has 37 heavy (non-hydrogen) atoms. The molecule has 0 aliphatic carbocycles. The Morgan fingerprint density at radius 3 is 1.76 bits per heavy atom. The Bertz CT molecular complexity index is 814. The van der Waals surface area contributed by atoms with Crippen LogP contribution in [0.4, 0.5) is 0 Å². The first kappa shape index (κ1) is 34.0. The van der Waals surface area contributed by atoms with Crippen LogP contribution in [-0.4, -0.2) is 123 Å². The molecule has 0 radical (unpaired) electrons. The number of thioether (sulfide) groups is 1. The highest BCUT2D eigenvalue weighted by atomic mass is 32.2. The molecule has 0 aliphatic heterocycles. The van der Waals surface area contributed by atoms with Gasteiger partial charge < -0.3 is 52.5 Å². The number of amides is 4. The zero-order valence-electron chi connectivity index (χ0n) is 20.4. The molecule has 0 bridgehead atoms. The fourth-order valence-electron chi connectivity index (χ4n) is 2.76. The average molecular weight is 554 g/mol. The second-order valence-electron chi connectivity index (χ2n) is 7.93. The Morgan fingerprint density at radius 1 is 0.784 bits per heavy atom. The largest absolute Gasteiger partial charge is 0.481 e. The number of aliphatic carboxylic acids is 2. The van der Waals surface area contributed by atoms with Crippen molar-refractivity contribution in [1.29, 1.82) is 0 Å². The Balaban J connectivity index is 5.47. The molecule has 0 aromatic rings. The Kier molecular flexibility index (Phi) is 16.1. The van der Waals surface area contributed by atoms with Crippen LogP contribution in [0.15, 0.2) is 0 Å². The third-order valence-electron chi connectivity index (χ3n) is 4.92. The van der Waals surface area contributed by atoms with Crippen molar-refractivity contribution in [2.75, 3.05) is 25.2 Å². The van der Waals surface area contributed by atoms with Crippen molar-refractivity contribution in [3.05, 3.63) is 0 Å². The van der Waals surface area contributed by atoms with Gasteiger partial charge in [-0.2, -0.15) is 11.8 Å². The van der Waals surface area contributed by atoms with Crippen molar-refractivity contribution in [3.63, 3.8) is 0 Å². The van der Waals surface area contributed by atoms with Crippen molar-refractivity contribution in [2.24, 2.45) is 5.73 Å². The monoisotopic (exact) mass is 553 g/mol. The summed E-state index contributed by atoms with van der Waals surface area (Å²) >= 11 is 1.45. The second kappa shape index (κ2) is 17.5. The smallest absolute Gasteiger partial charge is 0.328 e. The summed E-state index contributed by atoms with van der Waals surface area (Å²) in [5.74, 6) is -6.43. The third kappa shape index (κ3) is 12.7. The van der Waals surface area contributed by atoms with Gasteiger partial charge in [-0.25, -0.2) is 4.79 Å². The standard InChI is InChI=1S/C20H35N5O11S/c1-9(28)15(25-16(31)10(21)5-6-37-2)19(34)23-12(7-26)18(33)22-11(3-4-14(29)30)17(32)24-13(8-27)20(35)36/h9-13,15,26-28H,3-8,21H2,1-2H3,(H,22,33)(H,23,34)(H,24,32)(H,25,31)(H,29,30)(H,35,36)/t9-,10+,11+,12+,13+,15+/m1/s1. The van der Waals surface area contributed by atoms with E-state index in [0.717, 1.165) is 0 Å². The maximum absolute atomic E-state index is 12.7. The van der Waals surface area contributed by atoms with Gasteiger partial charge in [0.15, 0.2) is 0 Å². The minimum Gasteiger partial charge on any atom is -0.481 e. The number of nitrogens with two attached hydrogens (primary N) is 1. The van der Waals surface area contributed by atoms with E-state index in [1.54, 1.807) is 0 Å². The topological polar surface area (TPSA) is 278 Å². The normalized spacial score (nSPS) is 15.7. The van der Waals surface area contributed by atoms with E-state index in [1.807, 2.05) is 11.6 Å². The van der Waals surface area contributed by atoms with Crippen molar-refractivity contribution in [3.8, 4) is 0 Å². The molecule has 16 nitrogen and oxygen atoms in total. The summed E-state index contributed by atoms with van der Waals surface area (Å²) in [5.41, 5.74) is 5.75. The maximum atomic E-state index is 12.7. The number of rotatable bonds is 18. The second-order valence-corrected chi connectivity index (χ2v) is 8.92. The van der Waals surface area contributed by atoms with Crippen LogP contribution in [0.3, 0.4) is 0 Å². The highest BCUT2D eigenvalue weighted by molar-refractivity contribution is 7.98. The predicted molar refractivity (Wildman–Crippen MR) is 129 cm³/mol. The fourth-order valence-corrected chi connectivity index (χ4v) is 3.25. The summed E-state index contributed by atoms with van der Waals surface area (Å²) in [5, 5.41) is 54.9. The molecule has 0 saturated heterocycles. The summed E-state index contributed by atoms with van der Waals surface area (Å²) in [6.07, 6.45) is -0.430. The van der Waals surface area contributed by atoms with Gasteiger partial charge in [0.2, 0.25) is 23.6 Å². The minimum atomic E-state index is -1.73. The van der Waals surface area contributed by atoms with E-state index >= 15 is 0 Å². The number of carbonyl (C=O) groups excluding carboxylic acids is 4. The fraction of sp³-hybridized carbons (Fsp3) is 0.700. The van der Waals surface area contributed by atoms with Gasteiger partial charge in [0.1, 0.15) is 24.2 Å². The first-order valence-corrected chi connectivity index (χ1v) is 12.5. The van der Waals surface area contributed by atoms with E-state index in [4.69, 9.17) is 21.1 Å². The molecular formula is C20H35N5O11S. The molecule has 17 heteroatoms. The molecular weight excluding hydrogens is 518 g/mol. The van der Waals surface area contributed by atoms with Gasteiger partial charge in [-0.15, -0.1) is 0 Å². The zero-order chi connectivity index (χ0) is 28.7. The van der Waals surface area contributed by atoms with E-state index < -0.39 is 97.9 Å². The molecule has 212 valence electrons. The first-order chi connectivity index (χ1) is 17.3. The third-order valence-corrected chi connectivity index (χ3v) is 5.57. The number of carboxylic acids is 2. The van der Waals surface area contributed by atoms with Crippen molar-refractivity contribution in [1.82, 2.24) is 21.3 Å². The summed E-state index contributed by atoms with van der Waals surface area (Å²) in [6.45, 7) is -0.783. The molecule has 4 amide bonds. The van der Waals surface area contributed by atoms with Crippen molar-refractivity contribution >= 4 is 47.3 Å². The lowest BCUT2D eigenvalue weighted by Gasteiger charge is -2.26. The SMILES string of the molecule is CSCC[C@H](N)C(=O)N[C@H](C(=O)N[C@@H](CO)C(=O)N[C@@H](CCC(=O)O)C(=O)N[C@@H](CO)C(=O)O)[C@@H](C)O. The lowest BCUT2D eigenvalue weighted by atomic mass is 10.1. The Morgan fingerprint density at radius 2 is 1.30 bits per heavy atom. The number of nitrogens with one attached hydrogen (secondary N) is 4. The summed E-state index contributed by atoms with van der Waals surface area (Å²) in [7, 11) is 0. The van der Waals surface area contributed by atoms with Crippen LogP contribution in [0.2, 0.25) is 0 Å². The molecule has 0 spiro atoms. The van der Waals surface area contributed by atoms with Gasteiger partial charge in [-0.1, -0.05) is 0 Å². The van der Waals surface area contributed by atoms with Crippen molar-refractivity contribution in [2.45, 2.75) is 62.5 Å². The van der Waals surface area contributed by atoms with Gasteiger partial charge in [0.25, 0.3) is 0 Å². The lowest BCUT2D eigenvalue weighted by molar-refractivity contribution is -0.144. The molecule has 11 N–H and O–H groups in total. The number of aliphatic hydroxyl groups excluding tert-OH is 3. The molecule has 0 unspecified atom stereocenters. The number of carboxylic acid groups (broad SMARTS) is 2. The molecule has 0 aromatic carbocycles. The predicted octanol–water partition coefficient (Wildman–Crippen LogP) is -4.68. The number of aliphatic hydroxyl groups is 3. The van der Waals surface area contributed by atoms with Crippen LogP contribution >= 0.6 is 11.8 Å². The lowest BCUT2D eigenvalue weighted by Crippen LogP contribution is -2.61. The average Bonchev–Trinajstić information content (AvgIpc) is 2.83. The summed E-state index contributed by atoms with van der Waals surface area (Å²) in [4.78, 5) is 71.9. The van der Waals surface area contributed by atoms with Gasteiger partial charge in [-0.05, 0) is 31.8 Å². The zero-order valence-corrected chi connectivity index (χ0v) is 21.2. The number of hydrogen-bond donors (Lipinski definition) is 10. The van der Waals surface area contributed by atoms with E-state index in [-0.39, 0.29) is 0 Å². The van der Waals surface area contributed by atoms with Crippen LogP contribution in [0.25, 0.3) is 0 Å². The van der Waals surface area contributed by atoms with Gasteiger partial charge in [0.05, 0.1) is 25.4 Å². The van der Waals surface area contributed by atoms with Crippen LogP contribution in [0, 0.1) is 0 Å². The van der Waals surface area contributed by atoms with E-state index in [2.05, 4.69) is 16.0 Å². The summed E-state index contributed by atoms with van der Waals surface area (Å²) < 4.78 is 0. The minimum absolute atomic E-state index is 0.293. The Labute approximate surface area is 216 Å². The number of hydrogen-bond acceptors (Lipinski definition) is 11. The van der Waals surface area contributed by atoms with E-state index in [0.29, 0.717) is 12.2 Å². The highest BCUT2D eigenvalue weighted by Gasteiger charge is 2.33. The van der Waals surface area contributed by atoms with Gasteiger partial charge in [0, 0.05) is 6.42 Å². The molecule has 0 rings (SSSR count). The summed E-state index contributed by atoms with van der Waals surface area (Å²) in [6, 6.07) is -7.57. The van der Waals surface area contributed by atoms with Gasteiger partial charge >= 0.3 is 11.9 Å². The quantitative estimate of drug-likeness (QED) is 0.0765. The van der Waals surface area contributed by atoms with Crippen molar-refractivity contribution < 1.29 is 54.3 Å². The number of carbonyl (C=O) groups is 6. The Hall–Kier alpha value is -2.99. The van der Waals surface area contributed by atoms with Crippen LogP contribution in [0.1, 0.15) is 26.2 Å². The molecule has 0 heterocycles. The van der Waals surface area contributed by atoms with E-state index in [1.165, 1.54) is 18.7 Å². The van der Waals surface area contributed by atoms with Crippen LogP contribution < -0.4 is 27.0 Å². The van der Waals surface area contributed by atoms with E-state index in [9.17, 15) is 39.0 Å². The maximum Gasteiger partial charge on any atom is 0.328 e. The highest BCUT2D eigenvalue weighted by Crippen LogP contribution is 2.03.